The zero-order valence-electron chi connectivity index (χ0n) is 11.8. The fourth-order valence-electron chi connectivity index (χ4n) is 2.55. The van der Waals surface area contributed by atoms with Crippen LogP contribution in [-0.2, 0) is 9.84 Å². The molecule has 4 nitrogen and oxygen atoms in total. The lowest BCUT2D eigenvalue weighted by Crippen LogP contribution is -2.36. The van der Waals surface area contributed by atoms with Crippen LogP contribution in [-0.4, -0.2) is 57.5 Å². The highest BCUT2D eigenvalue weighted by Crippen LogP contribution is 2.21. The summed E-state index contributed by atoms with van der Waals surface area (Å²) in [5, 5.41) is 3.23. The van der Waals surface area contributed by atoms with Crippen LogP contribution in [0.2, 0.25) is 0 Å². The molecule has 1 fully saturated rings. The molecule has 0 unspecified atom stereocenters. The van der Waals surface area contributed by atoms with Gasteiger partial charge in [-0.1, -0.05) is 19.8 Å². The second-order valence-corrected chi connectivity index (χ2v) is 7.62. The third-order valence-corrected chi connectivity index (χ3v) is 5.55. The molecule has 5 heteroatoms. The van der Waals surface area contributed by atoms with Crippen molar-refractivity contribution in [1.29, 1.82) is 0 Å². The van der Waals surface area contributed by atoms with Gasteiger partial charge < -0.3 is 10.2 Å². The van der Waals surface area contributed by atoms with Crippen molar-refractivity contribution in [3.05, 3.63) is 0 Å². The second kappa shape index (κ2) is 8.12. The molecule has 0 aromatic heterocycles. The normalized spacial score (nSPS) is 17.7. The van der Waals surface area contributed by atoms with E-state index < -0.39 is 9.84 Å². The summed E-state index contributed by atoms with van der Waals surface area (Å²) in [6.45, 7) is 4.38. The number of rotatable bonds is 9. The van der Waals surface area contributed by atoms with Crippen molar-refractivity contribution in [3.8, 4) is 0 Å². The van der Waals surface area contributed by atoms with Crippen LogP contribution in [0.25, 0.3) is 0 Å². The van der Waals surface area contributed by atoms with E-state index in [-0.39, 0.29) is 5.75 Å². The average molecular weight is 276 g/mol. The summed E-state index contributed by atoms with van der Waals surface area (Å²) < 4.78 is 23.0. The van der Waals surface area contributed by atoms with Crippen LogP contribution in [0, 0.1) is 0 Å². The summed E-state index contributed by atoms with van der Waals surface area (Å²) in [5.74, 6) is 0.588. The van der Waals surface area contributed by atoms with Crippen molar-refractivity contribution in [3.63, 3.8) is 0 Å². The summed E-state index contributed by atoms with van der Waals surface area (Å²) in [7, 11) is -0.652. The first-order valence-electron chi connectivity index (χ1n) is 7.16. The molecule has 0 heterocycles. The molecule has 0 bridgehead atoms. The molecule has 0 aromatic carbocycles. The smallest absolute Gasteiger partial charge is 0.151 e. The zero-order chi connectivity index (χ0) is 13.4. The molecule has 0 saturated heterocycles. The van der Waals surface area contributed by atoms with Crippen molar-refractivity contribution in [2.45, 2.75) is 45.1 Å². The Morgan fingerprint density at radius 1 is 1.17 bits per heavy atom. The van der Waals surface area contributed by atoms with Gasteiger partial charge in [0.15, 0.2) is 9.84 Å². The third kappa shape index (κ3) is 6.16. The van der Waals surface area contributed by atoms with Crippen molar-refractivity contribution in [2.24, 2.45) is 0 Å². The van der Waals surface area contributed by atoms with E-state index in [0.717, 1.165) is 19.1 Å². The van der Waals surface area contributed by atoms with Gasteiger partial charge in [-0.2, -0.15) is 0 Å². The van der Waals surface area contributed by atoms with E-state index in [9.17, 15) is 8.42 Å². The maximum atomic E-state index is 11.5. The van der Waals surface area contributed by atoms with Crippen molar-refractivity contribution in [1.82, 2.24) is 10.2 Å². The Bertz CT molecular complexity index is 311. The first-order chi connectivity index (χ1) is 8.55. The second-order valence-electron chi connectivity index (χ2n) is 5.32. The Kier molecular flexibility index (Phi) is 7.19. The molecular formula is C13H28N2O2S. The standard InChI is InChI=1S/C13H28N2O2S/c1-3-11-18(16,17)12-9-14-8-10-15(2)13-6-4-5-7-13/h13-14H,3-12H2,1-2H3. The van der Waals surface area contributed by atoms with Crippen LogP contribution >= 0.6 is 0 Å². The lowest BCUT2D eigenvalue weighted by Gasteiger charge is -2.23. The van der Waals surface area contributed by atoms with Crippen molar-refractivity contribution >= 4 is 9.84 Å². The first-order valence-corrected chi connectivity index (χ1v) is 8.98. The molecule has 18 heavy (non-hydrogen) atoms. The van der Waals surface area contributed by atoms with Gasteiger partial charge in [-0.15, -0.1) is 0 Å². The minimum absolute atomic E-state index is 0.272. The topological polar surface area (TPSA) is 49.4 Å². The molecule has 0 aliphatic heterocycles. The fourth-order valence-corrected chi connectivity index (χ4v) is 3.83. The van der Waals surface area contributed by atoms with Crippen LogP contribution in [0.3, 0.4) is 0 Å². The predicted octanol–water partition coefficient (Wildman–Crippen LogP) is 1.28. The van der Waals surface area contributed by atoms with Gasteiger partial charge in [0.2, 0.25) is 0 Å². The molecule has 1 aliphatic carbocycles. The first kappa shape index (κ1) is 15.9. The van der Waals surface area contributed by atoms with E-state index in [0.29, 0.717) is 18.7 Å². The number of hydrogen-bond donors (Lipinski definition) is 1. The SMILES string of the molecule is CCCS(=O)(=O)CCNCCN(C)C1CCCC1. The lowest BCUT2D eigenvalue weighted by molar-refractivity contribution is 0.246. The van der Waals surface area contributed by atoms with Gasteiger partial charge >= 0.3 is 0 Å². The van der Waals surface area contributed by atoms with Gasteiger partial charge in [-0.25, -0.2) is 8.42 Å². The summed E-state index contributed by atoms with van der Waals surface area (Å²) >= 11 is 0. The number of sulfone groups is 1. The number of nitrogens with zero attached hydrogens (tertiary/aromatic N) is 1. The van der Waals surface area contributed by atoms with Crippen LogP contribution in [0.15, 0.2) is 0 Å². The zero-order valence-corrected chi connectivity index (χ0v) is 12.6. The summed E-state index contributed by atoms with van der Waals surface area (Å²) in [6, 6.07) is 0.746. The van der Waals surface area contributed by atoms with E-state index in [4.69, 9.17) is 0 Å². The highest BCUT2D eigenvalue weighted by atomic mass is 32.2. The van der Waals surface area contributed by atoms with Crippen LogP contribution in [0.4, 0.5) is 0 Å². The molecule has 108 valence electrons. The van der Waals surface area contributed by atoms with E-state index in [1.165, 1.54) is 25.7 Å². The van der Waals surface area contributed by atoms with E-state index in [1.807, 2.05) is 6.92 Å². The van der Waals surface area contributed by atoms with Crippen molar-refractivity contribution < 1.29 is 8.42 Å². The average Bonchev–Trinajstić information content (AvgIpc) is 2.81. The highest BCUT2D eigenvalue weighted by molar-refractivity contribution is 7.91. The van der Waals surface area contributed by atoms with Gasteiger partial charge in [0.1, 0.15) is 0 Å². The Labute approximate surface area is 112 Å². The molecule has 0 aromatic rings. The Morgan fingerprint density at radius 2 is 1.83 bits per heavy atom. The van der Waals surface area contributed by atoms with Gasteiger partial charge in [-0.05, 0) is 26.3 Å². The summed E-state index contributed by atoms with van der Waals surface area (Å²) in [4.78, 5) is 2.40. The minimum atomic E-state index is -2.82. The fraction of sp³-hybridized carbons (Fsp3) is 1.00. The van der Waals surface area contributed by atoms with E-state index in [1.54, 1.807) is 0 Å². The van der Waals surface area contributed by atoms with Gasteiger partial charge in [0.25, 0.3) is 0 Å². The Hall–Kier alpha value is -0.130. The van der Waals surface area contributed by atoms with Gasteiger partial charge in [0, 0.05) is 31.4 Å². The number of nitrogens with one attached hydrogen (secondary N) is 1. The molecule has 1 aliphatic rings. The highest BCUT2D eigenvalue weighted by Gasteiger charge is 2.18. The van der Waals surface area contributed by atoms with E-state index in [2.05, 4.69) is 17.3 Å². The minimum Gasteiger partial charge on any atom is -0.314 e. The summed E-state index contributed by atoms with van der Waals surface area (Å²) in [6.07, 6.45) is 6.07. The maximum Gasteiger partial charge on any atom is 0.151 e. The van der Waals surface area contributed by atoms with Gasteiger partial charge in [-0.3, -0.25) is 0 Å². The molecule has 0 spiro atoms. The maximum absolute atomic E-state index is 11.5. The molecule has 1 rings (SSSR count). The molecule has 0 atom stereocenters. The quantitative estimate of drug-likeness (QED) is 0.645. The predicted molar refractivity (Wildman–Crippen MR) is 76.7 cm³/mol. The third-order valence-electron chi connectivity index (χ3n) is 3.69. The number of likely N-dealkylation sites (N-methyl/N-ethyl adjacent to an activating group) is 1. The largest absolute Gasteiger partial charge is 0.314 e. The van der Waals surface area contributed by atoms with Crippen LogP contribution < -0.4 is 5.32 Å². The lowest BCUT2D eigenvalue weighted by atomic mass is 10.2. The van der Waals surface area contributed by atoms with Crippen LogP contribution in [0.5, 0.6) is 0 Å². The Morgan fingerprint density at radius 3 is 2.44 bits per heavy atom. The monoisotopic (exact) mass is 276 g/mol. The summed E-state index contributed by atoms with van der Waals surface area (Å²) in [5.41, 5.74) is 0. The van der Waals surface area contributed by atoms with Gasteiger partial charge in [0.05, 0.1) is 5.75 Å². The molecule has 0 radical (unpaired) electrons. The van der Waals surface area contributed by atoms with E-state index >= 15 is 0 Å². The van der Waals surface area contributed by atoms with Crippen molar-refractivity contribution in [2.75, 3.05) is 38.2 Å². The Balaban J connectivity index is 2.04. The van der Waals surface area contributed by atoms with Crippen LogP contribution in [0.1, 0.15) is 39.0 Å². The molecule has 0 amide bonds. The molecular weight excluding hydrogens is 248 g/mol. The molecule has 1 saturated carbocycles. The molecule has 1 N–H and O–H groups in total. The number of hydrogen-bond acceptors (Lipinski definition) is 4.